The van der Waals surface area contributed by atoms with E-state index in [0.29, 0.717) is 18.0 Å². The van der Waals surface area contributed by atoms with Gasteiger partial charge in [-0.15, -0.1) is 0 Å². The fourth-order valence-corrected chi connectivity index (χ4v) is 3.01. The van der Waals surface area contributed by atoms with Crippen molar-refractivity contribution >= 4 is 11.6 Å². The molecule has 20 heavy (non-hydrogen) atoms. The molecule has 1 saturated heterocycles. The molecule has 1 N–H and O–H groups in total. The van der Waals surface area contributed by atoms with E-state index in [1.807, 2.05) is 6.07 Å². The summed E-state index contributed by atoms with van der Waals surface area (Å²) in [4.78, 5) is 2.47. The number of hydrogen-bond donors (Lipinski definition) is 1. The first-order chi connectivity index (χ1) is 9.51. The maximum Gasteiger partial charge on any atom is 0.142 e. The lowest BCUT2D eigenvalue weighted by atomic mass is 9.94. The minimum atomic E-state index is -0.326. The van der Waals surface area contributed by atoms with Gasteiger partial charge in [-0.05, 0) is 30.5 Å². The normalized spacial score (nSPS) is 25.6. The Labute approximate surface area is 126 Å². The van der Waals surface area contributed by atoms with E-state index in [1.165, 1.54) is 0 Å². The highest BCUT2D eigenvalue weighted by Gasteiger charge is 2.29. The van der Waals surface area contributed by atoms with Gasteiger partial charge >= 0.3 is 0 Å². The molecular weight excluding hydrogens is 275 g/mol. The second-order valence-electron chi connectivity index (χ2n) is 5.94. The van der Waals surface area contributed by atoms with Crippen molar-refractivity contribution in [2.24, 2.45) is 5.92 Å². The third-order valence-corrected chi connectivity index (χ3v) is 4.63. The first-order valence-electron chi connectivity index (χ1n) is 7.42. The van der Waals surface area contributed by atoms with E-state index in [1.54, 1.807) is 12.1 Å². The summed E-state index contributed by atoms with van der Waals surface area (Å²) < 4.78 is 13.6. The van der Waals surface area contributed by atoms with E-state index in [4.69, 9.17) is 11.6 Å². The van der Waals surface area contributed by atoms with Crippen LogP contribution in [-0.2, 0) is 6.54 Å². The van der Waals surface area contributed by atoms with Gasteiger partial charge < -0.3 is 5.32 Å². The lowest BCUT2D eigenvalue weighted by Gasteiger charge is -2.42. The van der Waals surface area contributed by atoms with Crippen molar-refractivity contribution in [3.63, 3.8) is 0 Å². The monoisotopic (exact) mass is 298 g/mol. The fourth-order valence-electron chi connectivity index (χ4n) is 2.89. The Balaban J connectivity index is 2.12. The molecule has 1 aromatic rings. The summed E-state index contributed by atoms with van der Waals surface area (Å²) in [7, 11) is 0. The Morgan fingerprint density at radius 1 is 1.50 bits per heavy atom. The summed E-state index contributed by atoms with van der Waals surface area (Å²) in [6.45, 7) is 9.50. The van der Waals surface area contributed by atoms with Crippen LogP contribution in [0.25, 0.3) is 0 Å². The Kier molecular flexibility index (Phi) is 5.42. The Morgan fingerprint density at radius 2 is 2.25 bits per heavy atom. The van der Waals surface area contributed by atoms with E-state index in [2.05, 4.69) is 31.0 Å². The first-order valence-corrected chi connectivity index (χ1v) is 7.80. The third kappa shape index (κ3) is 3.72. The van der Waals surface area contributed by atoms with E-state index >= 15 is 0 Å². The molecule has 0 aliphatic carbocycles. The van der Waals surface area contributed by atoms with Crippen LogP contribution in [0.5, 0.6) is 0 Å². The molecular formula is C16H24ClFN2. The zero-order valence-corrected chi connectivity index (χ0v) is 13.3. The molecule has 1 aliphatic heterocycles. The van der Waals surface area contributed by atoms with Crippen LogP contribution in [0.1, 0.15) is 32.8 Å². The Bertz CT molecular complexity index is 452. The molecule has 1 aliphatic rings. The maximum atomic E-state index is 13.6. The second kappa shape index (κ2) is 6.88. The molecule has 2 rings (SSSR count). The van der Waals surface area contributed by atoms with Crippen LogP contribution in [-0.4, -0.2) is 30.1 Å². The first kappa shape index (κ1) is 15.7. The second-order valence-corrected chi connectivity index (χ2v) is 6.35. The molecule has 0 radical (unpaired) electrons. The van der Waals surface area contributed by atoms with Crippen molar-refractivity contribution in [2.75, 3.05) is 13.1 Å². The van der Waals surface area contributed by atoms with E-state index in [9.17, 15) is 4.39 Å². The van der Waals surface area contributed by atoms with Gasteiger partial charge in [0.25, 0.3) is 0 Å². The molecule has 0 spiro atoms. The lowest BCUT2D eigenvalue weighted by Crippen LogP contribution is -2.57. The summed E-state index contributed by atoms with van der Waals surface area (Å²) in [5.41, 5.74) is 0.995. The smallest absolute Gasteiger partial charge is 0.142 e. The van der Waals surface area contributed by atoms with Crippen molar-refractivity contribution in [2.45, 2.75) is 45.8 Å². The molecule has 0 bridgehead atoms. The maximum absolute atomic E-state index is 13.6. The summed E-state index contributed by atoms with van der Waals surface area (Å²) in [5.74, 6) is 0.305. The predicted molar refractivity (Wildman–Crippen MR) is 82.5 cm³/mol. The molecule has 1 fully saturated rings. The van der Waals surface area contributed by atoms with Crippen LogP contribution in [0.15, 0.2) is 18.2 Å². The van der Waals surface area contributed by atoms with Gasteiger partial charge in [0.05, 0.1) is 5.02 Å². The van der Waals surface area contributed by atoms with Gasteiger partial charge in [-0.25, -0.2) is 4.39 Å². The highest BCUT2D eigenvalue weighted by molar-refractivity contribution is 6.30. The molecule has 1 aromatic carbocycles. The van der Waals surface area contributed by atoms with Crippen molar-refractivity contribution in [1.82, 2.24) is 10.2 Å². The van der Waals surface area contributed by atoms with E-state index < -0.39 is 0 Å². The summed E-state index contributed by atoms with van der Waals surface area (Å²) in [6.07, 6.45) is 1.16. The molecule has 3 unspecified atom stereocenters. The van der Waals surface area contributed by atoms with Crippen molar-refractivity contribution in [1.29, 1.82) is 0 Å². The predicted octanol–water partition coefficient (Wildman–Crippen LogP) is 3.69. The number of benzene rings is 1. The Hall–Kier alpha value is -0.640. The number of nitrogens with zero attached hydrogens (tertiary/aromatic N) is 1. The highest BCUT2D eigenvalue weighted by atomic mass is 35.5. The number of piperazine rings is 1. The number of rotatable bonds is 4. The minimum Gasteiger partial charge on any atom is -0.311 e. The number of nitrogens with one attached hydrogen (secondary N) is 1. The van der Waals surface area contributed by atoms with Gasteiger partial charge in [-0.2, -0.15) is 0 Å². The summed E-state index contributed by atoms with van der Waals surface area (Å²) in [5, 5.41) is 3.74. The molecule has 112 valence electrons. The molecule has 0 amide bonds. The van der Waals surface area contributed by atoms with Crippen molar-refractivity contribution < 1.29 is 4.39 Å². The van der Waals surface area contributed by atoms with Gasteiger partial charge in [0.1, 0.15) is 5.82 Å². The zero-order chi connectivity index (χ0) is 14.7. The number of hydrogen-bond acceptors (Lipinski definition) is 2. The Morgan fingerprint density at radius 3 is 2.90 bits per heavy atom. The lowest BCUT2D eigenvalue weighted by molar-refractivity contribution is 0.0884. The van der Waals surface area contributed by atoms with Crippen LogP contribution in [0.3, 0.4) is 0 Å². The summed E-state index contributed by atoms with van der Waals surface area (Å²) in [6, 6.07) is 6.12. The van der Waals surface area contributed by atoms with E-state index in [-0.39, 0.29) is 10.8 Å². The summed E-state index contributed by atoms with van der Waals surface area (Å²) >= 11 is 5.75. The van der Waals surface area contributed by atoms with Gasteiger partial charge in [0.2, 0.25) is 0 Å². The van der Waals surface area contributed by atoms with E-state index in [0.717, 1.165) is 31.6 Å². The SMILES string of the molecule is CCC(C)C1CNC(C)CN1Cc1ccc(Cl)c(F)c1. The van der Waals surface area contributed by atoms with Gasteiger partial charge in [0.15, 0.2) is 0 Å². The highest BCUT2D eigenvalue weighted by Crippen LogP contribution is 2.22. The zero-order valence-electron chi connectivity index (χ0n) is 12.5. The van der Waals surface area contributed by atoms with Crippen molar-refractivity contribution in [3.05, 3.63) is 34.6 Å². The van der Waals surface area contributed by atoms with Crippen LogP contribution in [0, 0.1) is 11.7 Å². The average molecular weight is 299 g/mol. The minimum absolute atomic E-state index is 0.195. The largest absolute Gasteiger partial charge is 0.311 e. The number of halogens is 2. The molecule has 0 aromatic heterocycles. The van der Waals surface area contributed by atoms with Crippen LogP contribution < -0.4 is 5.32 Å². The molecule has 1 heterocycles. The van der Waals surface area contributed by atoms with Crippen LogP contribution in [0.2, 0.25) is 5.02 Å². The molecule has 0 saturated carbocycles. The standard InChI is InChI=1S/C16H24ClFN2/c1-4-11(2)16-8-19-12(3)9-20(16)10-13-5-6-14(17)15(18)7-13/h5-7,11-12,16,19H,4,8-10H2,1-3H3. The van der Waals surface area contributed by atoms with Gasteiger partial charge in [-0.1, -0.05) is 37.9 Å². The fraction of sp³-hybridized carbons (Fsp3) is 0.625. The topological polar surface area (TPSA) is 15.3 Å². The molecule has 4 heteroatoms. The molecule has 3 atom stereocenters. The third-order valence-electron chi connectivity index (χ3n) is 4.32. The quantitative estimate of drug-likeness (QED) is 0.912. The average Bonchev–Trinajstić information content (AvgIpc) is 2.42. The van der Waals surface area contributed by atoms with Crippen LogP contribution in [0.4, 0.5) is 4.39 Å². The molecule has 2 nitrogen and oxygen atoms in total. The van der Waals surface area contributed by atoms with Gasteiger partial charge in [-0.3, -0.25) is 4.90 Å². The van der Waals surface area contributed by atoms with Gasteiger partial charge in [0, 0.05) is 31.7 Å². The van der Waals surface area contributed by atoms with Crippen molar-refractivity contribution in [3.8, 4) is 0 Å². The van der Waals surface area contributed by atoms with Crippen LogP contribution >= 0.6 is 11.6 Å².